The zero-order chi connectivity index (χ0) is 10.9. The Morgan fingerprint density at radius 3 is 2.07 bits per heavy atom. The molecule has 1 saturated heterocycles. The van der Waals surface area contributed by atoms with Crippen LogP contribution < -0.4 is 0 Å². The maximum Gasteiger partial charge on any atom is 0.285 e. The molecule has 1 rings (SSSR count). The van der Waals surface area contributed by atoms with Crippen molar-refractivity contribution < 1.29 is 4.57 Å². The van der Waals surface area contributed by atoms with Crippen molar-refractivity contribution in [3.8, 4) is 12.3 Å². The largest absolute Gasteiger partial charge is 0.285 e. The molecule has 1 fully saturated rings. The fourth-order valence-corrected chi connectivity index (χ4v) is 4.45. The van der Waals surface area contributed by atoms with Crippen molar-refractivity contribution in [2.75, 3.05) is 41.3 Å². The highest BCUT2D eigenvalue weighted by molar-refractivity contribution is 7.56. The average molecular weight is 215 g/mol. The molecule has 0 aromatic carbocycles. The minimum atomic E-state index is -2.51. The summed E-state index contributed by atoms with van der Waals surface area (Å²) in [5, 5.41) is 0. The lowest BCUT2D eigenvalue weighted by molar-refractivity contribution is 0.263. The third-order valence-electron chi connectivity index (χ3n) is 2.62. The highest BCUT2D eigenvalue weighted by Gasteiger charge is 2.40. The molecule has 0 radical (unpaired) electrons. The van der Waals surface area contributed by atoms with Gasteiger partial charge < -0.3 is 0 Å². The number of hydrogen-bond acceptors (Lipinski definition) is 1. The molecule has 0 saturated carbocycles. The summed E-state index contributed by atoms with van der Waals surface area (Å²) in [6, 6.07) is 0. The van der Waals surface area contributed by atoms with Crippen LogP contribution in [0.25, 0.3) is 0 Å². The summed E-state index contributed by atoms with van der Waals surface area (Å²) in [6.45, 7) is 1.41. The second kappa shape index (κ2) is 4.04. The van der Waals surface area contributed by atoms with Crippen LogP contribution in [0.5, 0.6) is 0 Å². The van der Waals surface area contributed by atoms with Crippen molar-refractivity contribution in [1.29, 1.82) is 0 Å². The van der Waals surface area contributed by atoms with Crippen LogP contribution in [0.1, 0.15) is 0 Å². The van der Waals surface area contributed by atoms with E-state index in [-0.39, 0.29) is 5.92 Å². The van der Waals surface area contributed by atoms with Gasteiger partial charge in [-0.2, -0.15) is 0 Å². The Morgan fingerprint density at radius 1 is 1.36 bits per heavy atom. The van der Waals surface area contributed by atoms with Crippen molar-refractivity contribution in [3.63, 3.8) is 0 Å². The van der Waals surface area contributed by atoms with Gasteiger partial charge in [-0.25, -0.2) is 14.0 Å². The molecular formula is C9H18N3OP. The average Bonchev–Trinajstić information content (AvgIpc) is 2.12. The Morgan fingerprint density at radius 2 is 1.79 bits per heavy atom. The zero-order valence-corrected chi connectivity index (χ0v) is 10.2. The van der Waals surface area contributed by atoms with E-state index < -0.39 is 7.59 Å². The molecule has 0 bridgehead atoms. The molecule has 14 heavy (non-hydrogen) atoms. The van der Waals surface area contributed by atoms with Crippen LogP contribution in [-0.4, -0.2) is 55.3 Å². The van der Waals surface area contributed by atoms with Gasteiger partial charge in [-0.1, -0.05) is 0 Å². The van der Waals surface area contributed by atoms with E-state index >= 15 is 0 Å². The normalized spacial score (nSPS) is 35.9. The third-order valence-corrected chi connectivity index (χ3v) is 5.76. The maximum absolute atomic E-state index is 12.6. The van der Waals surface area contributed by atoms with Crippen molar-refractivity contribution >= 4 is 7.59 Å². The van der Waals surface area contributed by atoms with Gasteiger partial charge in [0.2, 0.25) is 0 Å². The van der Waals surface area contributed by atoms with Gasteiger partial charge in [0.25, 0.3) is 7.59 Å². The first kappa shape index (κ1) is 11.7. The van der Waals surface area contributed by atoms with E-state index in [4.69, 9.17) is 6.42 Å². The molecule has 1 aliphatic heterocycles. The van der Waals surface area contributed by atoms with E-state index in [1.807, 2.05) is 37.5 Å². The van der Waals surface area contributed by atoms with Crippen LogP contribution >= 0.6 is 7.59 Å². The summed E-state index contributed by atoms with van der Waals surface area (Å²) in [6.07, 6.45) is 5.39. The summed E-state index contributed by atoms with van der Waals surface area (Å²) in [4.78, 5) is 0. The molecule has 4 nitrogen and oxygen atoms in total. The molecule has 0 atom stereocenters. The van der Waals surface area contributed by atoms with Crippen LogP contribution in [0.4, 0.5) is 0 Å². The monoisotopic (exact) mass is 215 g/mol. The zero-order valence-electron chi connectivity index (χ0n) is 9.27. The number of hydrogen-bond donors (Lipinski definition) is 0. The summed E-state index contributed by atoms with van der Waals surface area (Å²) in [7, 11) is 4.88. The second-order valence-electron chi connectivity index (χ2n) is 3.90. The van der Waals surface area contributed by atoms with Gasteiger partial charge in [-0.15, -0.1) is 12.3 Å². The molecule has 0 N–H and O–H groups in total. The standard InChI is InChI=1S/C9H18N3OP/c1-6-9-7-11(4)14(13,10(2)3)12(5)8-9/h1,9H,7-8H2,2-5H3. The van der Waals surface area contributed by atoms with Gasteiger partial charge in [0.05, 0.1) is 0 Å². The van der Waals surface area contributed by atoms with Crippen molar-refractivity contribution in [2.24, 2.45) is 5.92 Å². The molecule has 0 unspecified atom stereocenters. The van der Waals surface area contributed by atoms with Crippen molar-refractivity contribution in [1.82, 2.24) is 14.0 Å². The quantitative estimate of drug-likeness (QED) is 0.477. The van der Waals surface area contributed by atoms with Crippen LogP contribution in [0.15, 0.2) is 0 Å². The summed E-state index contributed by atoms with van der Waals surface area (Å²) in [5.74, 6) is 2.89. The molecule has 1 heterocycles. The highest BCUT2D eigenvalue weighted by atomic mass is 31.2. The first-order chi connectivity index (χ1) is 6.42. The smallest absolute Gasteiger partial charge is 0.270 e. The van der Waals surface area contributed by atoms with Gasteiger partial charge in [-0.3, -0.25) is 4.57 Å². The molecule has 0 amide bonds. The summed E-state index contributed by atoms with van der Waals surface area (Å²) < 4.78 is 18.1. The molecule has 0 aliphatic carbocycles. The minimum Gasteiger partial charge on any atom is -0.270 e. The first-order valence-electron chi connectivity index (χ1n) is 4.60. The van der Waals surface area contributed by atoms with Gasteiger partial charge in [0.15, 0.2) is 0 Å². The van der Waals surface area contributed by atoms with E-state index in [2.05, 4.69) is 5.92 Å². The van der Waals surface area contributed by atoms with Crippen LogP contribution in [0.3, 0.4) is 0 Å². The number of rotatable bonds is 1. The molecule has 1 aliphatic rings. The Hall–Kier alpha value is -0.330. The molecule has 0 aromatic heterocycles. The van der Waals surface area contributed by atoms with Gasteiger partial charge in [-0.05, 0) is 28.2 Å². The maximum atomic E-state index is 12.6. The van der Waals surface area contributed by atoms with E-state index in [1.165, 1.54) is 0 Å². The van der Waals surface area contributed by atoms with Crippen LogP contribution in [0, 0.1) is 18.3 Å². The SMILES string of the molecule is C#CC1CN(C)P(=O)(N(C)C)N(C)C1. The lowest BCUT2D eigenvalue weighted by Gasteiger charge is -2.44. The van der Waals surface area contributed by atoms with E-state index in [0.717, 1.165) is 0 Å². The Balaban J connectivity index is 2.92. The number of nitrogens with zero attached hydrogens (tertiary/aromatic N) is 3. The predicted octanol–water partition coefficient (Wildman–Crippen LogP) is 0.783. The Kier molecular flexibility index (Phi) is 3.39. The third kappa shape index (κ3) is 1.74. The molecule has 0 aromatic rings. The van der Waals surface area contributed by atoms with Crippen LogP contribution in [-0.2, 0) is 4.57 Å². The molecular weight excluding hydrogens is 197 g/mol. The number of terminal acetylenes is 1. The van der Waals surface area contributed by atoms with Crippen LogP contribution in [0.2, 0.25) is 0 Å². The lowest BCUT2D eigenvalue weighted by atomic mass is 10.1. The van der Waals surface area contributed by atoms with Crippen molar-refractivity contribution in [3.05, 3.63) is 0 Å². The molecule has 0 spiro atoms. The van der Waals surface area contributed by atoms with Gasteiger partial charge in [0.1, 0.15) is 0 Å². The second-order valence-corrected chi connectivity index (χ2v) is 7.10. The fourth-order valence-electron chi connectivity index (χ4n) is 1.89. The van der Waals surface area contributed by atoms with E-state index in [0.29, 0.717) is 13.1 Å². The summed E-state index contributed by atoms with van der Waals surface area (Å²) >= 11 is 0. The molecule has 5 heteroatoms. The Labute approximate surface area is 86.4 Å². The minimum absolute atomic E-state index is 0.173. The van der Waals surface area contributed by atoms with Crippen molar-refractivity contribution in [2.45, 2.75) is 0 Å². The first-order valence-corrected chi connectivity index (χ1v) is 6.16. The van der Waals surface area contributed by atoms with Gasteiger partial charge >= 0.3 is 0 Å². The topological polar surface area (TPSA) is 26.8 Å². The Bertz CT molecular complexity index is 281. The van der Waals surface area contributed by atoms with Gasteiger partial charge in [0, 0.05) is 19.0 Å². The van der Waals surface area contributed by atoms with E-state index in [1.54, 1.807) is 4.67 Å². The highest BCUT2D eigenvalue weighted by Crippen LogP contribution is 2.55. The fraction of sp³-hybridized carbons (Fsp3) is 0.778. The summed E-state index contributed by atoms with van der Waals surface area (Å²) in [5.41, 5.74) is 0. The lowest BCUT2D eigenvalue weighted by Crippen LogP contribution is -2.44. The predicted molar refractivity (Wildman–Crippen MR) is 58.9 cm³/mol. The van der Waals surface area contributed by atoms with E-state index in [9.17, 15) is 4.57 Å². The molecule has 80 valence electrons.